The quantitative estimate of drug-likeness (QED) is 0.846. The van der Waals surface area contributed by atoms with Crippen LogP contribution in [0.2, 0.25) is 10.0 Å². The molecule has 1 saturated heterocycles. The van der Waals surface area contributed by atoms with Crippen molar-refractivity contribution in [2.75, 3.05) is 20.2 Å². The second kappa shape index (κ2) is 6.15. The molecule has 114 valence electrons. The summed E-state index contributed by atoms with van der Waals surface area (Å²) in [6.07, 6.45) is 3.06. The highest BCUT2D eigenvalue weighted by Crippen LogP contribution is 2.51. The van der Waals surface area contributed by atoms with Crippen LogP contribution in [0.4, 0.5) is 0 Å². The average molecular weight is 328 g/mol. The third-order valence-electron chi connectivity index (χ3n) is 4.56. The number of nitrogens with zero attached hydrogens (tertiary/aromatic N) is 1. The molecule has 2 atom stereocenters. The van der Waals surface area contributed by atoms with Gasteiger partial charge in [0.1, 0.15) is 0 Å². The molecule has 5 heteroatoms. The van der Waals surface area contributed by atoms with Gasteiger partial charge in [0.2, 0.25) is 5.91 Å². The maximum atomic E-state index is 12.5. The Bertz CT molecular complexity index is 541. The van der Waals surface area contributed by atoms with Crippen LogP contribution < -0.4 is 0 Å². The van der Waals surface area contributed by atoms with Crippen LogP contribution in [0.5, 0.6) is 0 Å². The molecule has 2 fully saturated rings. The Morgan fingerprint density at radius 1 is 1.29 bits per heavy atom. The smallest absolute Gasteiger partial charge is 0.226 e. The molecule has 1 aliphatic carbocycles. The van der Waals surface area contributed by atoms with Gasteiger partial charge in [-0.2, -0.15) is 0 Å². The molecule has 1 aliphatic heterocycles. The summed E-state index contributed by atoms with van der Waals surface area (Å²) in [7, 11) is 1.74. The van der Waals surface area contributed by atoms with Gasteiger partial charge < -0.3 is 9.64 Å². The third kappa shape index (κ3) is 3.20. The summed E-state index contributed by atoms with van der Waals surface area (Å²) in [5, 5.41) is 1.30. The summed E-state index contributed by atoms with van der Waals surface area (Å²) < 4.78 is 5.34. The van der Waals surface area contributed by atoms with Crippen LogP contribution in [0, 0.1) is 5.92 Å². The van der Waals surface area contributed by atoms with Crippen LogP contribution in [-0.2, 0) is 9.53 Å². The number of methoxy groups -OCH3 is 1. The molecule has 0 aromatic heterocycles. The van der Waals surface area contributed by atoms with Gasteiger partial charge in [-0.05, 0) is 42.9 Å². The average Bonchev–Trinajstić information content (AvgIpc) is 3.27. The molecule has 1 heterocycles. The van der Waals surface area contributed by atoms with E-state index in [1.54, 1.807) is 13.2 Å². The van der Waals surface area contributed by atoms with Gasteiger partial charge >= 0.3 is 0 Å². The second-order valence-electron chi connectivity index (χ2n) is 5.87. The second-order valence-corrected chi connectivity index (χ2v) is 6.72. The minimum absolute atomic E-state index is 0.0859. The van der Waals surface area contributed by atoms with Gasteiger partial charge in [-0.15, -0.1) is 0 Å². The van der Waals surface area contributed by atoms with Gasteiger partial charge in [0, 0.05) is 36.2 Å². The predicted molar refractivity (Wildman–Crippen MR) is 83.9 cm³/mol. The SMILES string of the molecule is COC1CCN(C(=O)[C@H]2C[C@@H]2c2ccc(Cl)cc2Cl)CC1. The van der Waals surface area contributed by atoms with Crippen molar-refractivity contribution < 1.29 is 9.53 Å². The number of ether oxygens (including phenoxy) is 1. The highest BCUT2D eigenvalue weighted by atomic mass is 35.5. The number of amides is 1. The third-order valence-corrected chi connectivity index (χ3v) is 5.12. The molecular weight excluding hydrogens is 309 g/mol. The largest absolute Gasteiger partial charge is 0.381 e. The molecule has 1 saturated carbocycles. The van der Waals surface area contributed by atoms with Crippen molar-refractivity contribution >= 4 is 29.1 Å². The van der Waals surface area contributed by atoms with Gasteiger partial charge in [-0.1, -0.05) is 29.3 Å². The number of rotatable bonds is 3. The number of hydrogen-bond donors (Lipinski definition) is 0. The highest BCUT2D eigenvalue weighted by molar-refractivity contribution is 6.35. The predicted octanol–water partition coefficient (Wildman–Crippen LogP) is 3.73. The van der Waals surface area contributed by atoms with E-state index in [0.29, 0.717) is 16.1 Å². The number of hydrogen-bond acceptors (Lipinski definition) is 2. The molecule has 0 N–H and O–H groups in total. The van der Waals surface area contributed by atoms with E-state index in [0.717, 1.165) is 37.9 Å². The van der Waals surface area contributed by atoms with Crippen molar-refractivity contribution in [2.24, 2.45) is 5.92 Å². The first-order valence-electron chi connectivity index (χ1n) is 7.36. The van der Waals surface area contributed by atoms with Crippen molar-refractivity contribution in [1.82, 2.24) is 4.90 Å². The molecule has 0 bridgehead atoms. The zero-order valence-electron chi connectivity index (χ0n) is 12.0. The van der Waals surface area contributed by atoms with Crippen molar-refractivity contribution in [3.63, 3.8) is 0 Å². The fourth-order valence-electron chi connectivity index (χ4n) is 3.16. The Morgan fingerprint density at radius 2 is 2.00 bits per heavy atom. The van der Waals surface area contributed by atoms with Crippen LogP contribution in [0.25, 0.3) is 0 Å². The lowest BCUT2D eigenvalue weighted by atomic mass is 10.1. The van der Waals surface area contributed by atoms with Crippen LogP contribution in [-0.4, -0.2) is 37.1 Å². The topological polar surface area (TPSA) is 29.5 Å². The molecular formula is C16H19Cl2NO2. The number of benzene rings is 1. The Kier molecular flexibility index (Phi) is 4.43. The molecule has 0 spiro atoms. The Balaban J connectivity index is 1.61. The van der Waals surface area contributed by atoms with Crippen LogP contribution in [0.1, 0.15) is 30.7 Å². The Morgan fingerprint density at radius 3 is 2.62 bits per heavy atom. The summed E-state index contributed by atoms with van der Waals surface area (Å²) >= 11 is 12.2. The fraction of sp³-hybridized carbons (Fsp3) is 0.562. The van der Waals surface area contributed by atoms with Crippen molar-refractivity contribution in [3.05, 3.63) is 33.8 Å². The molecule has 3 nitrogen and oxygen atoms in total. The maximum Gasteiger partial charge on any atom is 0.226 e. The summed E-state index contributed by atoms with van der Waals surface area (Å²) in [5.74, 6) is 0.603. The van der Waals surface area contributed by atoms with Gasteiger partial charge in [0.25, 0.3) is 0 Å². The van der Waals surface area contributed by atoms with Gasteiger partial charge in [0.15, 0.2) is 0 Å². The van der Waals surface area contributed by atoms with Crippen molar-refractivity contribution in [3.8, 4) is 0 Å². The molecule has 1 aromatic carbocycles. The lowest BCUT2D eigenvalue weighted by Gasteiger charge is -2.31. The Hall–Kier alpha value is -0.770. The summed E-state index contributed by atoms with van der Waals surface area (Å²) in [5.41, 5.74) is 1.05. The first kappa shape index (κ1) is 15.1. The Labute approximate surface area is 135 Å². The van der Waals surface area contributed by atoms with Gasteiger partial charge in [0.05, 0.1) is 6.10 Å². The standard InChI is InChI=1S/C16H19Cl2NO2/c1-21-11-4-6-19(7-5-11)16(20)14-9-13(14)12-3-2-10(17)8-15(12)18/h2-3,8,11,13-14H,4-7,9H2,1H3/t13-,14+/m1/s1. The molecule has 0 unspecified atom stereocenters. The number of likely N-dealkylation sites (tertiary alicyclic amines) is 1. The van der Waals surface area contributed by atoms with Crippen LogP contribution in [0.15, 0.2) is 18.2 Å². The van der Waals surface area contributed by atoms with E-state index in [-0.39, 0.29) is 17.7 Å². The summed E-state index contributed by atoms with van der Waals surface area (Å²) in [6.45, 7) is 1.60. The van der Waals surface area contributed by atoms with E-state index in [2.05, 4.69) is 0 Å². The summed E-state index contributed by atoms with van der Waals surface area (Å²) in [4.78, 5) is 14.5. The maximum absolute atomic E-state index is 12.5. The number of carbonyl (C=O) groups excluding carboxylic acids is 1. The number of piperidine rings is 1. The summed E-state index contributed by atoms with van der Waals surface area (Å²) in [6, 6.07) is 5.54. The first-order valence-corrected chi connectivity index (χ1v) is 8.12. The van der Waals surface area contributed by atoms with E-state index >= 15 is 0 Å². The lowest BCUT2D eigenvalue weighted by Crippen LogP contribution is -2.41. The van der Waals surface area contributed by atoms with E-state index in [1.807, 2.05) is 17.0 Å². The lowest BCUT2D eigenvalue weighted by molar-refractivity contribution is -0.135. The molecule has 3 rings (SSSR count). The first-order chi connectivity index (χ1) is 10.1. The fourth-order valence-corrected chi connectivity index (χ4v) is 3.71. The van der Waals surface area contributed by atoms with E-state index in [1.165, 1.54) is 0 Å². The molecule has 0 radical (unpaired) electrons. The normalized spacial score (nSPS) is 26.0. The van der Waals surface area contributed by atoms with E-state index in [9.17, 15) is 4.79 Å². The highest BCUT2D eigenvalue weighted by Gasteiger charge is 2.46. The van der Waals surface area contributed by atoms with E-state index < -0.39 is 0 Å². The minimum atomic E-state index is 0.0859. The minimum Gasteiger partial charge on any atom is -0.381 e. The number of halogens is 2. The molecule has 1 aromatic rings. The molecule has 21 heavy (non-hydrogen) atoms. The zero-order chi connectivity index (χ0) is 15.0. The monoisotopic (exact) mass is 327 g/mol. The van der Waals surface area contributed by atoms with Gasteiger partial charge in [-0.25, -0.2) is 0 Å². The number of carbonyl (C=O) groups is 1. The molecule has 2 aliphatic rings. The van der Waals surface area contributed by atoms with Crippen LogP contribution in [0.3, 0.4) is 0 Å². The van der Waals surface area contributed by atoms with Crippen LogP contribution >= 0.6 is 23.2 Å². The zero-order valence-corrected chi connectivity index (χ0v) is 13.5. The van der Waals surface area contributed by atoms with Gasteiger partial charge in [-0.3, -0.25) is 4.79 Å². The van der Waals surface area contributed by atoms with Crippen molar-refractivity contribution in [2.45, 2.75) is 31.3 Å². The molecule has 1 amide bonds. The van der Waals surface area contributed by atoms with E-state index in [4.69, 9.17) is 27.9 Å². The van der Waals surface area contributed by atoms with Crippen molar-refractivity contribution in [1.29, 1.82) is 0 Å².